The van der Waals surface area contributed by atoms with E-state index in [2.05, 4.69) is 22.1 Å². The van der Waals surface area contributed by atoms with Gasteiger partial charge in [0, 0.05) is 6.42 Å². The van der Waals surface area contributed by atoms with Gasteiger partial charge in [0.25, 0.3) is 5.91 Å². The third-order valence-electron chi connectivity index (χ3n) is 2.71. The zero-order chi connectivity index (χ0) is 13.7. The molecule has 2 N–H and O–H groups in total. The number of aliphatic hydroxyl groups excluding tert-OH is 1. The van der Waals surface area contributed by atoms with E-state index in [1.165, 1.54) is 11.3 Å². The van der Waals surface area contributed by atoms with E-state index in [1.807, 2.05) is 6.92 Å². The van der Waals surface area contributed by atoms with Gasteiger partial charge in [0.1, 0.15) is 6.10 Å². The molecular formula is C13H16N2O3S. The Morgan fingerprint density at radius 1 is 1.68 bits per heavy atom. The lowest BCUT2D eigenvalue weighted by Gasteiger charge is -2.09. The molecule has 0 bridgehead atoms. The summed E-state index contributed by atoms with van der Waals surface area (Å²) in [6.45, 7) is 2.01. The predicted octanol–water partition coefficient (Wildman–Crippen LogP) is 1.38. The van der Waals surface area contributed by atoms with E-state index in [0.717, 1.165) is 17.7 Å². The number of aliphatic hydroxyl groups is 1. The van der Waals surface area contributed by atoms with Crippen LogP contribution in [0.1, 0.15) is 31.1 Å². The lowest BCUT2D eigenvalue weighted by molar-refractivity contribution is -0.126. The summed E-state index contributed by atoms with van der Waals surface area (Å²) in [7, 11) is 0. The number of rotatable bonds is 3. The quantitative estimate of drug-likeness (QED) is 0.821. The second kappa shape index (κ2) is 6.66. The molecule has 2 unspecified atom stereocenters. The van der Waals surface area contributed by atoms with E-state index in [9.17, 15) is 4.79 Å². The zero-order valence-electron chi connectivity index (χ0n) is 10.7. The average Bonchev–Trinajstić information content (AvgIpc) is 2.99. The molecule has 1 saturated heterocycles. The first-order valence-corrected chi connectivity index (χ1v) is 7.02. The van der Waals surface area contributed by atoms with Gasteiger partial charge in [-0.05, 0) is 19.8 Å². The lowest BCUT2D eigenvalue weighted by atomic mass is 10.2. The number of anilines is 1. The fraction of sp³-hybridized carbons (Fsp3) is 0.538. The topological polar surface area (TPSA) is 71.5 Å². The first-order valence-electron chi connectivity index (χ1n) is 6.21. The summed E-state index contributed by atoms with van der Waals surface area (Å²) in [5.41, 5.74) is 0. The van der Waals surface area contributed by atoms with Crippen LogP contribution in [0.2, 0.25) is 0 Å². The first-order chi connectivity index (χ1) is 9.19. The van der Waals surface area contributed by atoms with Gasteiger partial charge in [0.05, 0.1) is 23.8 Å². The normalized spacial score (nSPS) is 21.8. The van der Waals surface area contributed by atoms with Gasteiger partial charge < -0.3 is 9.84 Å². The standard InChI is InChI=1S/C13H16N2O3S/c1-9-5-6-11(18-9)12(17)15-13-14-8-10(19-13)4-2-3-7-16/h8-9,11,16H,3,5-7H2,1H3,(H,14,15,17). The van der Waals surface area contributed by atoms with Gasteiger partial charge in [0.2, 0.25) is 0 Å². The molecular weight excluding hydrogens is 264 g/mol. The van der Waals surface area contributed by atoms with E-state index >= 15 is 0 Å². The Morgan fingerprint density at radius 3 is 3.21 bits per heavy atom. The summed E-state index contributed by atoms with van der Waals surface area (Å²) in [6.07, 6.45) is 3.49. The Kier molecular flexibility index (Phi) is 4.91. The van der Waals surface area contributed by atoms with Crippen LogP contribution in [0.25, 0.3) is 0 Å². The maximum atomic E-state index is 11.9. The van der Waals surface area contributed by atoms with Crippen molar-refractivity contribution in [3.05, 3.63) is 11.1 Å². The fourth-order valence-corrected chi connectivity index (χ4v) is 2.47. The molecule has 0 saturated carbocycles. The van der Waals surface area contributed by atoms with E-state index in [0.29, 0.717) is 11.6 Å². The summed E-state index contributed by atoms with van der Waals surface area (Å²) in [5, 5.41) is 11.9. The minimum absolute atomic E-state index is 0.0482. The van der Waals surface area contributed by atoms with E-state index in [1.54, 1.807) is 6.20 Å². The Hall–Kier alpha value is -1.42. The molecule has 5 nitrogen and oxygen atoms in total. The molecule has 2 atom stereocenters. The maximum Gasteiger partial charge on any atom is 0.255 e. The number of hydrogen-bond acceptors (Lipinski definition) is 5. The monoisotopic (exact) mass is 280 g/mol. The second-order valence-electron chi connectivity index (χ2n) is 4.31. The van der Waals surface area contributed by atoms with Crippen LogP contribution in [-0.4, -0.2) is 34.8 Å². The number of hydrogen-bond donors (Lipinski definition) is 2. The van der Waals surface area contributed by atoms with E-state index in [-0.39, 0.29) is 24.7 Å². The smallest absolute Gasteiger partial charge is 0.255 e. The predicted molar refractivity (Wildman–Crippen MR) is 72.9 cm³/mol. The largest absolute Gasteiger partial charge is 0.395 e. The highest BCUT2D eigenvalue weighted by molar-refractivity contribution is 7.16. The molecule has 1 aromatic rings. The highest BCUT2D eigenvalue weighted by Gasteiger charge is 2.28. The molecule has 0 aliphatic carbocycles. The summed E-state index contributed by atoms with van der Waals surface area (Å²) < 4.78 is 5.49. The summed E-state index contributed by atoms with van der Waals surface area (Å²) in [6, 6.07) is 0. The third kappa shape index (κ3) is 4.03. The van der Waals surface area contributed by atoms with E-state index in [4.69, 9.17) is 9.84 Å². The molecule has 0 spiro atoms. The molecule has 102 valence electrons. The lowest BCUT2D eigenvalue weighted by Crippen LogP contribution is -2.27. The molecule has 6 heteroatoms. The highest BCUT2D eigenvalue weighted by Crippen LogP contribution is 2.22. The Labute approximate surface area is 116 Å². The van der Waals surface area contributed by atoms with Crippen molar-refractivity contribution in [2.45, 2.75) is 38.4 Å². The fourth-order valence-electron chi connectivity index (χ4n) is 1.78. The Morgan fingerprint density at radius 2 is 2.53 bits per heavy atom. The molecule has 2 rings (SSSR count). The van der Waals surface area contributed by atoms with Crippen molar-refractivity contribution >= 4 is 22.4 Å². The maximum absolute atomic E-state index is 11.9. The Balaban J connectivity index is 1.89. The molecule has 1 amide bonds. The number of carbonyl (C=O) groups excluding carboxylic acids is 1. The number of amides is 1. The van der Waals surface area contributed by atoms with Crippen molar-refractivity contribution in [1.82, 2.24) is 4.98 Å². The van der Waals surface area contributed by atoms with Gasteiger partial charge >= 0.3 is 0 Å². The van der Waals surface area contributed by atoms with Crippen LogP contribution in [0.4, 0.5) is 5.13 Å². The van der Waals surface area contributed by atoms with Crippen molar-refractivity contribution in [2.75, 3.05) is 11.9 Å². The second-order valence-corrected chi connectivity index (χ2v) is 5.34. The van der Waals surface area contributed by atoms with Crippen molar-refractivity contribution in [1.29, 1.82) is 0 Å². The molecule has 1 aliphatic rings. The van der Waals surface area contributed by atoms with Gasteiger partial charge in [-0.3, -0.25) is 10.1 Å². The summed E-state index contributed by atoms with van der Waals surface area (Å²) >= 11 is 1.32. The highest BCUT2D eigenvalue weighted by atomic mass is 32.1. The van der Waals surface area contributed by atoms with Gasteiger partial charge in [0.15, 0.2) is 5.13 Å². The molecule has 2 heterocycles. The van der Waals surface area contributed by atoms with Crippen LogP contribution in [0.15, 0.2) is 6.20 Å². The Bertz CT molecular complexity index is 503. The molecule has 1 aromatic heterocycles. The van der Waals surface area contributed by atoms with Crippen LogP contribution in [0.3, 0.4) is 0 Å². The van der Waals surface area contributed by atoms with E-state index < -0.39 is 0 Å². The minimum Gasteiger partial charge on any atom is -0.395 e. The molecule has 19 heavy (non-hydrogen) atoms. The van der Waals surface area contributed by atoms with Crippen molar-refractivity contribution < 1.29 is 14.6 Å². The summed E-state index contributed by atoms with van der Waals surface area (Å²) in [4.78, 5) is 16.8. The first kappa shape index (κ1) is 14.0. The number of ether oxygens (including phenoxy) is 1. The van der Waals surface area contributed by atoms with Crippen LogP contribution < -0.4 is 5.32 Å². The number of nitrogens with zero attached hydrogens (tertiary/aromatic N) is 1. The number of carbonyl (C=O) groups is 1. The van der Waals surface area contributed by atoms with Gasteiger partial charge in [-0.15, -0.1) is 0 Å². The summed E-state index contributed by atoms with van der Waals surface area (Å²) in [5.74, 6) is 5.55. The third-order valence-corrected chi connectivity index (χ3v) is 3.54. The minimum atomic E-state index is -0.372. The number of nitrogens with one attached hydrogen (secondary N) is 1. The molecule has 0 aromatic carbocycles. The number of thiazole rings is 1. The average molecular weight is 280 g/mol. The van der Waals surface area contributed by atoms with Crippen LogP contribution in [0, 0.1) is 11.8 Å². The molecule has 1 aliphatic heterocycles. The van der Waals surface area contributed by atoms with Crippen LogP contribution in [0.5, 0.6) is 0 Å². The van der Waals surface area contributed by atoms with Crippen LogP contribution >= 0.6 is 11.3 Å². The molecule has 0 radical (unpaired) electrons. The van der Waals surface area contributed by atoms with Gasteiger partial charge in [-0.25, -0.2) is 4.98 Å². The van der Waals surface area contributed by atoms with Crippen LogP contribution in [-0.2, 0) is 9.53 Å². The van der Waals surface area contributed by atoms with Gasteiger partial charge in [-0.2, -0.15) is 0 Å². The van der Waals surface area contributed by atoms with Crippen molar-refractivity contribution in [3.8, 4) is 11.8 Å². The molecule has 1 fully saturated rings. The SMILES string of the molecule is CC1CCC(C(=O)Nc2ncc(C#CCCO)s2)O1. The van der Waals surface area contributed by atoms with Crippen molar-refractivity contribution in [2.24, 2.45) is 0 Å². The van der Waals surface area contributed by atoms with Crippen molar-refractivity contribution in [3.63, 3.8) is 0 Å². The zero-order valence-corrected chi connectivity index (χ0v) is 11.5. The number of aromatic nitrogens is 1. The van der Waals surface area contributed by atoms with Gasteiger partial charge in [-0.1, -0.05) is 23.2 Å².